The third-order valence-electron chi connectivity index (χ3n) is 3.19. The lowest BCUT2D eigenvalue weighted by molar-refractivity contribution is 0.0691. The molecule has 1 N–H and O–H groups in total. The summed E-state index contributed by atoms with van der Waals surface area (Å²) in [5.74, 6) is -0.999. The predicted octanol–water partition coefficient (Wildman–Crippen LogP) is 4.89. The van der Waals surface area contributed by atoms with Crippen molar-refractivity contribution < 1.29 is 14.6 Å². The van der Waals surface area contributed by atoms with Crippen molar-refractivity contribution in [3.8, 4) is 5.75 Å². The van der Waals surface area contributed by atoms with Crippen LogP contribution in [0.2, 0.25) is 10.0 Å². The van der Waals surface area contributed by atoms with Gasteiger partial charge in [0.15, 0.2) is 5.75 Å². The van der Waals surface area contributed by atoms with E-state index in [1.807, 2.05) is 32.0 Å². The summed E-state index contributed by atoms with van der Waals surface area (Å²) in [7, 11) is 0. The summed E-state index contributed by atoms with van der Waals surface area (Å²) in [6.07, 6.45) is 0. The lowest BCUT2D eigenvalue weighted by Gasteiger charge is -2.12. The van der Waals surface area contributed by atoms with Gasteiger partial charge >= 0.3 is 5.97 Å². The summed E-state index contributed by atoms with van der Waals surface area (Å²) >= 11 is 11.8. The summed E-state index contributed by atoms with van der Waals surface area (Å²) < 4.78 is 5.59. The number of halogens is 2. The molecule has 2 aromatic carbocycles. The van der Waals surface area contributed by atoms with Crippen LogP contribution >= 0.6 is 23.2 Å². The van der Waals surface area contributed by atoms with Crippen molar-refractivity contribution in [2.45, 2.75) is 20.5 Å². The quantitative estimate of drug-likeness (QED) is 0.871. The van der Waals surface area contributed by atoms with Crippen molar-refractivity contribution in [2.24, 2.45) is 0 Å². The molecule has 0 radical (unpaired) electrons. The minimum Gasteiger partial charge on any atom is -0.486 e. The molecule has 0 unspecified atom stereocenters. The normalized spacial score (nSPS) is 10.5. The second kappa shape index (κ2) is 6.37. The van der Waals surface area contributed by atoms with Crippen LogP contribution in [0.25, 0.3) is 0 Å². The fraction of sp³-hybridized carbons (Fsp3) is 0.188. The predicted molar refractivity (Wildman–Crippen MR) is 83.7 cm³/mol. The van der Waals surface area contributed by atoms with E-state index in [2.05, 4.69) is 0 Å². The Kier molecular flexibility index (Phi) is 4.76. The van der Waals surface area contributed by atoms with Crippen LogP contribution < -0.4 is 4.74 Å². The Hall–Kier alpha value is -1.71. The maximum atomic E-state index is 11.2. The van der Waals surface area contributed by atoms with Gasteiger partial charge in [0.1, 0.15) is 12.2 Å². The second-order valence-corrected chi connectivity index (χ2v) is 5.62. The Labute approximate surface area is 133 Å². The van der Waals surface area contributed by atoms with Gasteiger partial charge in [0.05, 0.1) is 5.02 Å². The molecule has 3 nitrogen and oxygen atoms in total. The van der Waals surface area contributed by atoms with Gasteiger partial charge in [-0.1, -0.05) is 41.4 Å². The van der Waals surface area contributed by atoms with E-state index in [-0.39, 0.29) is 28.0 Å². The highest BCUT2D eigenvalue weighted by Gasteiger charge is 2.16. The van der Waals surface area contributed by atoms with Gasteiger partial charge in [-0.15, -0.1) is 0 Å². The number of hydrogen-bond donors (Lipinski definition) is 1. The first-order chi connectivity index (χ1) is 9.88. The highest BCUT2D eigenvalue weighted by atomic mass is 35.5. The van der Waals surface area contributed by atoms with Crippen LogP contribution in [0.5, 0.6) is 5.75 Å². The number of carboxylic acids is 1. The number of rotatable bonds is 4. The van der Waals surface area contributed by atoms with Crippen LogP contribution in [-0.2, 0) is 6.61 Å². The van der Waals surface area contributed by atoms with Gasteiger partial charge < -0.3 is 9.84 Å². The molecule has 2 rings (SSSR count). The van der Waals surface area contributed by atoms with Crippen LogP contribution in [0.15, 0.2) is 30.3 Å². The number of aromatic carboxylic acids is 1. The Morgan fingerprint density at radius 2 is 1.86 bits per heavy atom. The summed E-state index contributed by atoms with van der Waals surface area (Å²) in [6, 6.07) is 8.72. The lowest BCUT2D eigenvalue weighted by atomic mass is 10.1. The number of benzene rings is 2. The van der Waals surface area contributed by atoms with E-state index >= 15 is 0 Å². The number of carboxylic acid groups (broad SMARTS) is 1. The largest absolute Gasteiger partial charge is 0.486 e. The van der Waals surface area contributed by atoms with Gasteiger partial charge in [-0.2, -0.15) is 0 Å². The van der Waals surface area contributed by atoms with Gasteiger partial charge in [0, 0.05) is 5.02 Å². The third kappa shape index (κ3) is 3.69. The molecule has 21 heavy (non-hydrogen) atoms. The van der Waals surface area contributed by atoms with Crippen LogP contribution in [0.4, 0.5) is 0 Å². The fourth-order valence-electron chi connectivity index (χ4n) is 1.91. The van der Waals surface area contributed by atoms with Gasteiger partial charge in [0.25, 0.3) is 0 Å². The first-order valence-electron chi connectivity index (χ1n) is 6.29. The van der Waals surface area contributed by atoms with Crippen molar-refractivity contribution in [3.63, 3.8) is 0 Å². The molecule has 2 aromatic rings. The molecule has 0 aromatic heterocycles. The van der Waals surface area contributed by atoms with Gasteiger partial charge in [-0.25, -0.2) is 4.79 Å². The highest BCUT2D eigenvalue weighted by molar-refractivity contribution is 6.36. The van der Waals surface area contributed by atoms with Crippen LogP contribution in [-0.4, -0.2) is 11.1 Å². The van der Waals surface area contributed by atoms with Gasteiger partial charge in [0.2, 0.25) is 0 Å². The average Bonchev–Trinajstić information content (AvgIpc) is 2.40. The van der Waals surface area contributed by atoms with Gasteiger partial charge in [-0.05, 0) is 42.7 Å². The molecule has 0 aliphatic heterocycles. The van der Waals surface area contributed by atoms with E-state index in [4.69, 9.17) is 27.9 Å². The average molecular weight is 325 g/mol. The van der Waals surface area contributed by atoms with Crippen LogP contribution in [0.3, 0.4) is 0 Å². The van der Waals surface area contributed by atoms with E-state index in [0.717, 1.165) is 11.1 Å². The summed E-state index contributed by atoms with van der Waals surface area (Å²) in [5, 5.41) is 9.64. The molecular formula is C16H14Cl2O3. The van der Waals surface area contributed by atoms with E-state index in [1.165, 1.54) is 17.7 Å². The Morgan fingerprint density at radius 3 is 2.48 bits per heavy atom. The molecule has 5 heteroatoms. The molecule has 0 heterocycles. The minimum absolute atomic E-state index is 0.0451. The Balaban J connectivity index is 2.27. The van der Waals surface area contributed by atoms with Crippen molar-refractivity contribution in [2.75, 3.05) is 0 Å². The van der Waals surface area contributed by atoms with Crippen molar-refractivity contribution in [3.05, 3.63) is 62.6 Å². The maximum Gasteiger partial charge on any atom is 0.339 e. The number of aryl methyl sites for hydroxylation is 2. The smallest absolute Gasteiger partial charge is 0.339 e. The zero-order chi connectivity index (χ0) is 15.6. The molecule has 0 fully saturated rings. The Bertz CT molecular complexity index is 696. The zero-order valence-corrected chi connectivity index (χ0v) is 13.1. The highest BCUT2D eigenvalue weighted by Crippen LogP contribution is 2.33. The molecule has 0 bridgehead atoms. The minimum atomic E-state index is -1.13. The van der Waals surface area contributed by atoms with E-state index in [0.29, 0.717) is 0 Å². The van der Waals surface area contributed by atoms with Crippen molar-refractivity contribution >= 4 is 29.2 Å². The molecule has 0 aliphatic carbocycles. The zero-order valence-electron chi connectivity index (χ0n) is 11.6. The van der Waals surface area contributed by atoms with E-state index in [1.54, 1.807) is 0 Å². The fourth-order valence-corrected chi connectivity index (χ4v) is 2.46. The van der Waals surface area contributed by atoms with Crippen molar-refractivity contribution in [1.82, 2.24) is 0 Å². The SMILES string of the molecule is Cc1ccc(COc2c(Cl)cc(Cl)cc2C(=O)O)cc1C. The van der Waals surface area contributed by atoms with Crippen LogP contribution in [0, 0.1) is 13.8 Å². The topological polar surface area (TPSA) is 46.5 Å². The molecule has 0 saturated carbocycles. The summed E-state index contributed by atoms with van der Waals surface area (Å²) in [6.45, 7) is 4.28. The standard InChI is InChI=1S/C16H14Cl2O3/c1-9-3-4-11(5-10(9)2)8-21-15-13(16(19)20)6-12(17)7-14(15)18/h3-7H,8H2,1-2H3,(H,19,20). The molecule has 110 valence electrons. The summed E-state index contributed by atoms with van der Waals surface area (Å²) in [4.78, 5) is 11.2. The molecule has 0 saturated heterocycles. The summed E-state index contributed by atoms with van der Waals surface area (Å²) in [5.41, 5.74) is 3.24. The molecular weight excluding hydrogens is 311 g/mol. The Morgan fingerprint density at radius 1 is 1.14 bits per heavy atom. The molecule has 0 amide bonds. The van der Waals surface area contributed by atoms with Crippen molar-refractivity contribution in [1.29, 1.82) is 0 Å². The number of ether oxygens (including phenoxy) is 1. The number of carbonyl (C=O) groups is 1. The van der Waals surface area contributed by atoms with E-state index < -0.39 is 5.97 Å². The monoisotopic (exact) mass is 324 g/mol. The first kappa shape index (κ1) is 15.7. The first-order valence-corrected chi connectivity index (χ1v) is 7.05. The third-order valence-corrected chi connectivity index (χ3v) is 3.69. The lowest BCUT2D eigenvalue weighted by Crippen LogP contribution is -2.04. The molecule has 0 aliphatic rings. The van der Waals surface area contributed by atoms with E-state index in [9.17, 15) is 9.90 Å². The van der Waals surface area contributed by atoms with Crippen LogP contribution in [0.1, 0.15) is 27.0 Å². The van der Waals surface area contributed by atoms with Gasteiger partial charge in [-0.3, -0.25) is 0 Å². The molecule has 0 spiro atoms. The molecule has 0 atom stereocenters. The second-order valence-electron chi connectivity index (χ2n) is 4.78. The maximum absolute atomic E-state index is 11.2. The number of hydrogen-bond acceptors (Lipinski definition) is 2.